The molecule has 0 bridgehead atoms. The lowest BCUT2D eigenvalue weighted by Crippen LogP contribution is -2.53. The molecular weight excluding hydrogens is 260 g/mol. The summed E-state index contributed by atoms with van der Waals surface area (Å²) in [6.07, 6.45) is 4.29. The summed E-state index contributed by atoms with van der Waals surface area (Å²) in [6, 6.07) is 0.246. The van der Waals surface area contributed by atoms with Crippen molar-refractivity contribution in [2.75, 3.05) is 13.1 Å². The second-order valence-corrected chi connectivity index (χ2v) is 8.31. The number of amides is 1. The van der Waals surface area contributed by atoms with Gasteiger partial charge in [0.25, 0.3) is 0 Å². The first-order valence-corrected chi connectivity index (χ1v) is 8.79. The second-order valence-electron chi connectivity index (χ2n) is 8.31. The second kappa shape index (κ2) is 6.28. The van der Waals surface area contributed by atoms with Crippen LogP contribution in [0.3, 0.4) is 0 Å². The summed E-state index contributed by atoms with van der Waals surface area (Å²) in [5, 5.41) is 0. The lowest BCUT2D eigenvalue weighted by Gasteiger charge is -2.48. The van der Waals surface area contributed by atoms with Gasteiger partial charge < -0.3 is 10.6 Å². The van der Waals surface area contributed by atoms with Crippen molar-refractivity contribution in [3.8, 4) is 0 Å². The monoisotopic (exact) mass is 294 g/mol. The van der Waals surface area contributed by atoms with Crippen LogP contribution in [0.2, 0.25) is 0 Å². The Hall–Kier alpha value is -0.570. The fourth-order valence-electron chi connectivity index (χ4n) is 4.30. The van der Waals surface area contributed by atoms with Crippen LogP contribution in [0, 0.1) is 29.1 Å². The zero-order chi connectivity index (χ0) is 15.8. The van der Waals surface area contributed by atoms with E-state index in [1.807, 2.05) is 0 Å². The van der Waals surface area contributed by atoms with Gasteiger partial charge in [-0.25, -0.2) is 0 Å². The number of carbonyl (C=O) groups is 1. The molecule has 0 aromatic rings. The van der Waals surface area contributed by atoms with Gasteiger partial charge in [-0.15, -0.1) is 0 Å². The average Bonchev–Trinajstić information content (AvgIpc) is 2.44. The van der Waals surface area contributed by atoms with Gasteiger partial charge >= 0.3 is 0 Å². The van der Waals surface area contributed by atoms with E-state index in [-0.39, 0.29) is 17.4 Å². The molecule has 21 heavy (non-hydrogen) atoms. The van der Waals surface area contributed by atoms with E-state index in [0.29, 0.717) is 11.8 Å². The Morgan fingerprint density at radius 3 is 2.24 bits per heavy atom. The molecule has 0 aromatic carbocycles. The smallest absolute Gasteiger partial charge is 0.226 e. The maximum Gasteiger partial charge on any atom is 0.226 e. The largest absolute Gasteiger partial charge is 0.342 e. The Balaban J connectivity index is 2.00. The number of hydrogen-bond donors (Lipinski definition) is 1. The van der Waals surface area contributed by atoms with E-state index in [4.69, 9.17) is 5.73 Å². The topological polar surface area (TPSA) is 46.3 Å². The van der Waals surface area contributed by atoms with Crippen molar-refractivity contribution in [2.45, 2.75) is 66.3 Å². The quantitative estimate of drug-likeness (QED) is 0.849. The minimum absolute atomic E-state index is 0.0175. The van der Waals surface area contributed by atoms with Crippen molar-refractivity contribution >= 4 is 5.91 Å². The third kappa shape index (κ3) is 3.28. The summed E-state index contributed by atoms with van der Waals surface area (Å²) >= 11 is 0. The van der Waals surface area contributed by atoms with Crippen LogP contribution in [0.1, 0.15) is 60.3 Å². The zero-order valence-corrected chi connectivity index (χ0v) is 14.6. The highest BCUT2D eigenvalue weighted by molar-refractivity contribution is 5.80. The van der Waals surface area contributed by atoms with E-state index in [0.717, 1.165) is 37.8 Å². The molecular formula is C18H34N2O. The number of hydrogen-bond acceptors (Lipinski definition) is 2. The fraction of sp³-hybridized carbons (Fsp3) is 0.944. The Morgan fingerprint density at radius 2 is 1.71 bits per heavy atom. The lowest BCUT2D eigenvalue weighted by molar-refractivity contribution is -0.145. The third-order valence-electron chi connectivity index (χ3n) is 6.59. The normalized spacial score (nSPS) is 34.2. The Bertz CT molecular complexity index is 369. The van der Waals surface area contributed by atoms with E-state index >= 15 is 0 Å². The zero-order valence-electron chi connectivity index (χ0n) is 14.6. The van der Waals surface area contributed by atoms with Crippen LogP contribution in [0.5, 0.6) is 0 Å². The van der Waals surface area contributed by atoms with Gasteiger partial charge in [0.15, 0.2) is 0 Å². The predicted octanol–water partition coefficient (Wildman–Crippen LogP) is 3.28. The molecule has 1 heterocycles. The molecule has 1 amide bonds. The summed E-state index contributed by atoms with van der Waals surface area (Å²) in [7, 11) is 0. The standard InChI is InChI=1S/C18H34N2O/c1-12(2)14-8-10-20(11-9-14)17(21)15-6-7-16(19)13(3)18(15,4)5/h12-16H,6-11,19H2,1-5H3. The highest BCUT2D eigenvalue weighted by Crippen LogP contribution is 2.45. The maximum atomic E-state index is 13.0. The minimum Gasteiger partial charge on any atom is -0.342 e. The Labute approximate surface area is 130 Å². The first-order valence-electron chi connectivity index (χ1n) is 8.79. The van der Waals surface area contributed by atoms with E-state index in [2.05, 4.69) is 39.5 Å². The van der Waals surface area contributed by atoms with Gasteiger partial charge in [0.2, 0.25) is 5.91 Å². The molecule has 0 radical (unpaired) electrons. The van der Waals surface area contributed by atoms with Crippen molar-refractivity contribution < 1.29 is 4.79 Å². The predicted molar refractivity (Wildman–Crippen MR) is 87.8 cm³/mol. The van der Waals surface area contributed by atoms with Gasteiger partial charge in [-0.05, 0) is 48.9 Å². The van der Waals surface area contributed by atoms with Crippen molar-refractivity contribution in [1.82, 2.24) is 4.90 Å². The molecule has 0 aromatic heterocycles. The molecule has 2 aliphatic rings. The van der Waals surface area contributed by atoms with Crippen LogP contribution >= 0.6 is 0 Å². The summed E-state index contributed by atoms with van der Waals surface area (Å²) < 4.78 is 0. The number of likely N-dealkylation sites (tertiary alicyclic amines) is 1. The molecule has 1 aliphatic carbocycles. The highest BCUT2D eigenvalue weighted by atomic mass is 16.2. The van der Waals surface area contributed by atoms with Crippen LogP contribution in [0.15, 0.2) is 0 Å². The van der Waals surface area contributed by atoms with Crippen LogP contribution in [-0.4, -0.2) is 29.9 Å². The van der Waals surface area contributed by atoms with Gasteiger partial charge in [-0.3, -0.25) is 4.79 Å². The van der Waals surface area contributed by atoms with E-state index < -0.39 is 0 Å². The molecule has 3 atom stereocenters. The number of nitrogens with two attached hydrogens (primary N) is 1. The summed E-state index contributed by atoms with van der Waals surface area (Å²) in [5.41, 5.74) is 6.24. The summed E-state index contributed by atoms with van der Waals surface area (Å²) in [6.45, 7) is 13.2. The first kappa shape index (κ1) is 16.8. The first-order chi connectivity index (χ1) is 9.75. The Kier molecular flexibility index (Phi) is 5.02. The van der Waals surface area contributed by atoms with Gasteiger partial charge in [0.1, 0.15) is 0 Å². The average molecular weight is 294 g/mol. The minimum atomic E-state index is 0.0175. The molecule has 1 aliphatic heterocycles. The van der Waals surface area contributed by atoms with E-state index in [1.54, 1.807) is 0 Å². The molecule has 0 spiro atoms. The van der Waals surface area contributed by atoms with Crippen LogP contribution < -0.4 is 5.73 Å². The molecule has 2 N–H and O–H groups in total. The molecule has 3 unspecified atom stereocenters. The van der Waals surface area contributed by atoms with Crippen molar-refractivity contribution in [3.05, 3.63) is 0 Å². The Morgan fingerprint density at radius 1 is 1.14 bits per heavy atom. The van der Waals surface area contributed by atoms with Crippen molar-refractivity contribution in [2.24, 2.45) is 34.8 Å². The fourth-order valence-corrected chi connectivity index (χ4v) is 4.30. The van der Waals surface area contributed by atoms with Crippen LogP contribution in [0.4, 0.5) is 0 Å². The van der Waals surface area contributed by atoms with Gasteiger partial charge in [-0.1, -0.05) is 34.6 Å². The number of piperidine rings is 1. The molecule has 2 rings (SSSR count). The number of rotatable bonds is 2. The third-order valence-corrected chi connectivity index (χ3v) is 6.59. The maximum absolute atomic E-state index is 13.0. The van der Waals surface area contributed by atoms with E-state index in [9.17, 15) is 4.79 Å². The SMILES string of the molecule is CC(C)C1CCN(C(=O)C2CCC(N)C(C)C2(C)C)CC1. The number of carbonyl (C=O) groups excluding carboxylic acids is 1. The van der Waals surface area contributed by atoms with Crippen molar-refractivity contribution in [3.63, 3.8) is 0 Å². The van der Waals surface area contributed by atoms with E-state index in [1.165, 1.54) is 12.8 Å². The van der Waals surface area contributed by atoms with Crippen molar-refractivity contribution in [1.29, 1.82) is 0 Å². The van der Waals surface area contributed by atoms with Gasteiger partial charge in [0.05, 0.1) is 0 Å². The molecule has 3 heteroatoms. The van der Waals surface area contributed by atoms with Gasteiger partial charge in [0, 0.05) is 25.0 Å². The lowest BCUT2D eigenvalue weighted by atomic mass is 9.60. The summed E-state index contributed by atoms with van der Waals surface area (Å²) in [5.74, 6) is 2.49. The molecule has 2 fully saturated rings. The van der Waals surface area contributed by atoms with Crippen LogP contribution in [-0.2, 0) is 4.79 Å². The van der Waals surface area contributed by atoms with Gasteiger partial charge in [-0.2, -0.15) is 0 Å². The number of nitrogens with zero attached hydrogens (tertiary/aromatic N) is 1. The molecule has 1 saturated heterocycles. The molecule has 3 nitrogen and oxygen atoms in total. The molecule has 1 saturated carbocycles. The van der Waals surface area contributed by atoms with Crippen LogP contribution in [0.25, 0.3) is 0 Å². The molecule has 122 valence electrons. The highest BCUT2D eigenvalue weighted by Gasteiger charge is 2.46. The summed E-state index contributed by atoms with van der Waals surface area (Å²) in [4.78, 5) is 15.1.